The number of hydrogen-bond donors (Lipinski definition) is 0. The Morgan fingerprint density at radius 1 is 1.12 bits per heavy atom. The molecular weight excluding hydrogens is 387 g/mol. The molecule has 0 atom stereocenters. The van der Waals surface area contributed by atoms with Crippen molar-refractivity contribution < 1.29 is 4.74 Å². The van der Waals surface area contributed by atoms with Gasteiger partial charge < -0.3 is 4.74 Å². The fourth-order valence-corrected chi connectivity index (χ4v) is 4.16. The van der Waals surface area contributed by atoms with Crippen LogP contribution >= 0.6 is 35.0 Å². The molecule has 0 radical (unpaired) electrons. The first kappa shape index (κ1) is 19.1. The molecule has 134 valence electrons. The molecule has 0 saturated carbocycles. The number of ether oxygens (including phenoxy) is 1. The van der Waals surface area contributed by atoms with Crippen molar-refractivity contribution >= 4 is 35.0 Å². The van der Waals surface area contributed by atoms with E-state index >= 15 is 0 Å². The Balaban J connectivity index is 2.06. The lowest BCUT2D eigenvalue weighted by Crippen LogP contribution is -1.97. The number of nitrogens with zero attached hydrogens (tertiary/aromatic N) is 2. The zero-order valence-corrected chi connectivity index (χ0v) is 16.6. The monoisotopic (exact) mass is 404 g/mol. The molecule has 2 aromatic carbocycles. The van der Waals surface area contributed by atoms with Crippen molar-refractivity contribution in [2.75, 3.05) is 6.61 Å². The van der Waals surface area contributed by atoms with Gasteiger partial charge in [-0.1, -0.05) is 77.4 Å². The molecule has 0 spiro atoms. The van der Waals surface area contributed by atoms with Crippen molar-refractivity contribution in [1.82, 2.24) is 9.78 Å². The Hall–Kier alpha value is -1.72. The van der Waals surface area contributed by atoms with Crippen molar-refractivity contribution in [2.45, 2.75) is 16.5 Å². The average Bonchev–Trinajstić information content (AvgIpc) is 2.95. The molecule has 0 aliphatic rings. The van der Waals surface area contributed by atoms with Gasteiger partial charge in [0.1, 0.15) is 5.03 Å². The normalized spacial score (nSPS) is 10.9. The number of aromatic nitrogens is 2. The maximum atomic E-state index is 6.36. The third kappa shape index (κ3) is 4.15. The number of aryl methyl sites for hydroxylation is 1. The zero-order valence-electron chi connectivity index (χ0n) is 14.3. The Morgan fingerprint density at radius 3 is 2.46 bits per heavy atom. The van der Waals surface area contributed by atoms with Crippen molar-refractivity contribution in [2.24, 2.45) is 7.05 Å². The summed E-state index contributed by atoms with van der Waals surface area (Å²) >= 11 is 14.2. The van der Waals surface area contributed by atoms with Crippen LogP contribution in [-0.2, 0) is 18.4 Å². The quantitative estimate of drug-likeness (QED) is 0.344. The molecule has 0 saturated heterocycles. The molecule has 0 fully saturated rings. The molecule has 3 aromatic rings. The van der Waals surface area contributed by atoms with Crippen LogP contribution in [0.15, 0.2) is 71.1 Å². The van der Waals surface area contributed by atoms with Gasteiger partial charge in [-0.3, -0.25) is 4.68 Å². The zero-order chi connectivity index (χ0) is 18.5. The van der Waals surface area contributed by atoms with E-state index in [1.165, 1.54) is 11.8 Å². The lowest BCUT2D eigenvalue weighted by Gasteiger charge is -2.10. The molecule has 0 aliphatic carbocycles. The van der Waals surface area contributed by atoms with Crippen LogP contribution in [0.4, 0.5) is 0 Å². The average molecular weight is 405 g/mol. The van der Waals surface area contributed by atoms with Gasteiger partial charge in [0.15, 0.2) is 0 Å². The SMILES string of the molecule is C=CCOCc1c(-c2ccccc2)nn(C)c1Sc1c(Cl)cccc1Cl. The lowest BCUT2D eigenvalue weighted by atomic mass is 10.1. The lowest BCUT2D eigenvalue weighted by molar-refractivity contribution is 0.147. The summed E-state index contributed by atoms with van der Waals surface area (Å²) < 4.78 is 7.58. The molecule has 3 rings (SSSR count). The summed E-state index contributed by atoms with van der Waals surface area (Å²) in [5, 5.41) is 6.89. The van der Waals surface area contributed by atoms with Crippen molar-refractivity contribution in [3.05, 3.63) is 76.8 Å². The fourth-order valence-electron chi connectivity index (χ4n) is 2.56. The Kier molecular flexibility index (Phi) is 6.43. The predicted molar refractivity (Wildman–Crippen MR) is 109 cm³/mol. The second-order valence-corrected chi connectivity index (χ2v) is 7.39. The van der Waals surface area contributed by atoms with E-state index in [-0.39, 0.29) is 0 Å². The first-order valence-corrected chi connectivity index (χ1v) is 9.61. The van der Waals surface area contributed by atoms with E-state index in [0.29, 0.717) is 23.3 Å². The summed E-state index contributed by atoms with van der Waals surface area (Å²) in [5.41, 5.74) is 2.93. The minimum Gasteiger partial charge on any atom is -0.373 e. The first-order chi connectivity index (χ1) is 12.6. The number of halogens is 2. The first-order valence-electron chi connectivity index (χ1n) is 8.03. The molecule has 0 aliphatic heterocycles. The van der Waals surface area contributed by atoms with Crippen LogP contribution in [0.3, 0.4) is 0 Å². The second kappa shape index (κ2) is 8.78. The molecule has 26 heavy (non-hydrogen) atoms. The third-order valence-corrected chi connectivity index (χ3v) is 5.94. The third-order valence-electron chi connectivity index (χ3n) is 3.73. The van der Waals surface area contributed by atoms with Gasteiger partial charge >= 0.3 is 0 Å². The number of rotatable bonds is 7. The standard InChI is InChI=1S/C20H18Cl2N2OS/c1-3-12-25-13-15-18(14-8-5-4-6-9-14)23-24(2)20(15)26-19-16(21)10-7-11-17(19)22/h3-11H,1,12-13H2,2H3. The molecule has 0 amide bonds. The maximum absolute atomic E-state index is 6.36. The van der Waals surface area contributed by atoms with E-state index in [4.69, 9.17) is 33.0 Å². The fraction of sp³-hybridized carbons (Fsp3) is 0.150. The van der Waals surface area contributed by atoms with E-state index in [9.17, 15) is 0 Å². The minimum atomic E-state index is 0.425. The van der Waals surface area contributed by atoms with Crippen LogP contribution in [0.25, 0.3) is 11.3 Å². The highest BCUT2D eigenvalue weighted by Gasteiger charge is 2.20. The van der Waals surface area contributed by atoms with Crippen LogP contribution in [0, 0.1) is 0 Å². The summed E-state index contributed by atoms with van der Waals surface area (Å²) in [6.07, 6.45) is 1.73. The topological polar surface area (TPSA) is 27.1 Å². The molecule has 1 heterocycles. The van der Waals surface area contributed by atoms with Crippen molar-refractivity contribution in [1.29, 1.82) is 0 Å². The van der Waals surface area contributed by atoms with Gasteiger partial charge in [0.2, 0.25) is 0 Å². The number of benzene rings is 2. The van der Waals surface area contributed by atoms with Gasteiger partial charge in [0, 0.05) is 18.2 Å². The van der Waals surface area contributed by atoms with E-state index in [1.54, 1.807) is 6.08 Å². The highest BCUT2D eigenvalue weighted by molar-refractivity contribution is 7.99. The van der Waals surface area contributed by atoms with Gasteiger partial charge in [0.05, 0.1) is 33.8 Å². The van der Waals surface area contributed by atoms with E-state index in [2.05, 4.69) is 6.58 Å². The summed E-state index contributed by atoms with van der Waals surface area (Å²) in [6.45, 7) is 4.60. The maximum Gasteiger partial charge on any atom is 0.105 e. The van der Waals surface area contributed by atoms with Crippen LogP contribution in [0.1, 0.15) is 5.56 Å². The highest BCUT2D eigenvalue weighted by Crippen LogP contribution is 2.42. The van der Waals surface area contributed by atoms with Crippen molar-refractivity contribution in [3.8, 4) is 11.3 Å². The second-order valence-electron chi connectivity index (χ2n) is 5.58. The Morgan fingerprint density at radius 2 is 1.81 bits per heavy atom. The highest BCUT2D eigenvalue weighted by atomic mass is 35.5. The Bertz CT molecular complexity index is 889. The molecule has 3 nitrogen and oxygen atoms in total. The predicted octanol–water partition coefficient (Wildman–Crippen LogP) is 6.25. The van der Waals surface area contributed by atoms with Gasteiger partial charge in [-0.25, -0.2) is 0 Å². The van der Waals surface area contributed by atoms with Crippen LogP contribution in [-0.4, -0.2) is 16.4 Å². The van der Waals surface area contributed by atoms with E-state index < -0.39 is 0 Å². The molecule has 1 aromatic heterocycles. The van der Waals surface area contributed by atoms with E-state index in [1.807, 2.05) is 60.3 Å². The molecule has 0 unspecified atom stereocenters. The van der Waals surface area contributed by atoms with Gasteiger partial charge in [-0.2, -0.15) is 5.10 Å². The van der Waals surface area contributed by atoms with Gasteiger partial charge in [-0.05, 0) is 12.1 Å². The molecule has 0 N–H and O–H groups in total. The number of hydrogen-bond acceptors (Lipinski definition) is 3. The van der Waals surface area contributed by atoms with Crippen LogP contribution in [0.2, 0.25) is 10.0 Å². The summed E-state index contributed by atoms with van der Waals surface area (Å²) in [4.78, 5) is 0.809. The Labute approximate surface area is 167 Å². The van der Waals surface area contributed by atoms with Crippen LogP contribution < -0.4 is 0 Å². The largest absolute Gasteiger partial charge is 0.373 e. The smallest absolute Gasteiger partial charge is 0.105 e. The summed E-state index contributed by atoms with van der Waals surface area (Å²) in [5.74, 6) is 0. The molecule has 0 bridgehead atoms. The van der Waals surface area contributed by atoms with Crippen molar-refractivity contribution in [3.63, 3.8) is 0 Å². The van der Waals surface area contributed by atoms with Gasteiger partial charge in [-0.15, -0.1) is 6.58 Å². The van der Waals surface area contributed by atoms with Crippen LogP contribution in [0.5, 0.6) is 0 Å². The van der Waals surface area contributed by atoms with E-state index in [0.717, 1.165) is 26.7 Å². The molecular formula is C20H18Cl2N2OS. The summed E-state index contributed by atoms with van der Waals surface area (Å²) in [7, 11) is 1.91. The van der Waals surface area contributed by atoms with Gasteiger partial charge in [0.25, 0.3) is 0 Å². The summed E-state index contributed by atoms with van der Waals surface area (Å²) in [6, 6.07) is 15.6. The minimum absolute atomic E-state index is 0.425. The molecule has 6 heteroatoms.